The van der Waals surface area contributed by atoms with Crippen LogP contribution in [-0.2, 0) is 16.2 Å². The highest BCUT2D eigenvalue weighted by Gasteiger charge is 2.32. The van der Waals surface area contributed by atoms with Gasteiger partial charge in [-0.05, 0) is 81.5 Å². The molecule has 0 amide bonds. The molecule has 0 spiro atoms. The van der Waals surface area contributed by atoms with Crippen molar-refractivity contribution in [2.24, 2.45) is 5.41 Å². The van der Waals surface area contributed by atoms with Gasteiger partial charge < -0.3 is 14.8 Å². The van der Waals surface area contributed by atoms with Gasteiger partial charge in [0.05, 0.1) is 24.8 Å². The largest absolute Gasteiger partial charge is 0.507 e. The van der Waals surface area contributed by atoms with E-state index in [-0.39, 0.29) is 33.2 Å². The monoisotopic (exact) mass is 760 g/mol. The van der Waals surface area contributed by atoms with Crippen LogP contribution in [0, 0.1) is 12.3 Å². The van der Waals surface area contributed by atoms with Gasteiger partial charge in [-0.2, -0.15) is 0 Å². The zero-order valence-corrected chi connectivity index (χ0v) is 38.3. The van der Waals surface area contributed by atoms with E-state index in [0.29, 0.717) is 5.56 Å². The first-order valence-electron chi connectivity index (χ1n) is 21.2. The summed E-state index contributed by atoms with van der Waals surface area (Å²) in [5.41, 5.74) is 8.68. The second-order valence-electron chi connectivity index (χ2n) is 21.4. The zero-order chi connectivity index (χ0) is 40.9. The van der Waals surface area contributed by atoms with E-state index in [1.807, 2.05) is 6.92 Å². The number of aromatic hydroxyl groups is 2. The molecule has 0 unspecified atom stereocenters. The van der Waals surface area contributed by atoms with Crippen LogP contribution in [0.4, 0.5) is 0 Å². The summed E-state index contributed by atoms with van der Waals surface area (Å²) >= 11 is 0. The van der Waals surface area contributed by atoms with Crippen molar-refractivity contribution in [2.45, 2.75) is 170 Å². The van der Waals surface area contributed by atoms with Crippen molar-refractivity contribution < 1.29 is 10.2 Å². The first-order chi connectivity index (χ1) is 25.4. The number of hydrogen-bond acceptors (Lipinski definition) is 2. The second-order valence-corrected chi connectivity index (χ2v) is 26.2. The maximum absolute atomic E-state index is 12.8. The van der Waals surface area contributed by atoms with Crippen LogP contribution < -0.4 is 5.19 Å². The first-order valence-corrected chi connectivity index (χ1v) is 24.4. The van der Waals surface area contributed by atoms with Crippen LogP contribution in [0.3, 0.4) is 0 Å². The Labute approximate surface area is 335 Å². The van der Waals surface area contributed by atoms with Crippen molar-refractivity contribution in [1.29, 1.82) is 0 Å². The van der Waals surface area contributed by atoms with Crippen LogP contribution in [0.1, 0.15) is 150 Å². The number of phenolic OH excluding ortho intramolecular Hbond substituents is 2. The van der Waals surface area contributed by atoms with Gasteiger partial charge >= 0.3 is 0 Å². The lowest BCUT2D eigenvalue weighted by Gasteiger charge is -2.34. The molecular weight excluding hydrogens is 687 g/mol. The number of unbranched alkanes of at least 4 members (excludes halogenated alkanes) is 5. The minimum atomic E-state index is -1.85. The highest BCUT2D eigenvalue weighted by atomic mass is 28.3. The Hall–Kier alpha value is -3.50. The molecule has 1 heterocycles. The Morgan fingerprint density at radius 3 is 1.60 bits per heavy atom. The van der Waals surface area contributed by atoms with Crippen LogP contribution in [-0.4, -0.2) is 22.9 Å². The zero-order valence-electron chi connectivity index (χ0n) is 37.3. The van der Waals surface area contributed by atoms with Gasteiger partial charge in [0.15, 0.2) is 0 Å². The maximum Gasteiger partial charge on any atom is 0.147 e. The minimum absolute atomic E-state index is 0.0498. The highest BCUT2D eigenvalue weighted by molar-refractivity contribution is 6.89. The van der Waals surface area contributed by atoms with E-state index in [4.69, 9.17) is 0 Å². The van der Waals surface area contributed by atoms with Crippen molar-refractivity contribution in [3.63, 3.8) is 0 Å². The molecule has 0 aliphatic rings. The Kier molecular flexibility index (Phi) is 12.0. The summed E-state index contributed by atoms with van der Waals surface area (Å²) in [6.45, 7) is 34.4. The molecule has 5 rings (SSSR count). The fraction of sp³-hybridized carbons (Fsp3) is 0.529. The average molecular weight is 760 g/mol. The molecule has 5 aromatic rings. The van der Waals surface area contributed by atoms with E-state index in [0.717, 1.165) is 39.8 Å². The quantitative estimate of drug-likeness (QED) is 0.0983. The Morgan fingerprint density at radius 1 is 0.582 bits per heavy atom. The van der Waals surface area contributed by atoms with Crippen LogP contribution in [0.2, 0.25) is 19.1 Å². The molecule has 4 heteroatoms. The van der Waals surface area contributed by atoms with E-state index >= 15 is 0 Å². The van der Waals surface area contributed by atoms with Gasteiger partial charge in [-0.15, -0.1) is 0 Å². The summed E-state index contributed by atoms with van der Waals surface area (Å²) in [5.74, 6) is 0.464. The lowest BCUT2D eigenvalue weighted by Crippen LogP contribution is -2.41. The van der Waals surface area contributed by atoms with Crippen LogP contribution >= 0.6 is 0 Å². The summed E-state index contributed by atoms with van der Waals surface area (Å²) in [6, 6.07) is 23.8. The molecule has 0 bridgehead atoms. The number of hydrogen-bond donors (Lipinski definition) is 2. The second kappa shape index (κ2) is 15.4. The van der Waals surface area contributed by atoms with Gasteiger partial charge in [0.1, 0.15) is 11.5 Å². The fourth-order valence-corrected chi connectivity index (χ4v) is 11.5. The summed E-state index contributed by atoms with van der Waals surface area (Å²) in [4.78, 5) is 0. The number of phenols is 2. The van der Waals surface area contributed by atoms with Crippen LogP contribution in [0.5, 0.6) is 11.5 Å². The maximum atomic E-state index is 12.8. The Bertz CT molecular complexity index is 2090. The van der Waals surface area contributed by atoms with E-state index in [9.17, 15) is 10.2 Å². The number of nitrogens with zero attached hydrogens (tertiary/aromatic N) is 1. The normalized spacial score (nSPS) is 13.4. The number of rotatable bonds is 12. The van der Waals surface area contributed by atoms with E-state index in [2.05, 4.69) is 161 Å². The molecule has 1 aromatic heterocycles. The molecule has 298 valence electrons. The summed E-state index contributed by atoms with van der Waals surface area (Å²) in [7, 11) is -1.85. The van der Waals surface area contributed by atoms with Gasteiger partial charge in [-0.1, -0.05) is 182 Å². The molecule has 0 atom stereocenters. The lowest BCUT2D eigenvalue weighted by atomic mass is 9.71. The van der Waals surface area contributed by atoms with Gasteiger partial charge in [0.25, 0.3) is 0 Å². The number of aromatic nitrogens is 1. The van der Waals surface area contributed by atoms with Gasteiger partial charge in [0.2, 0.25) is 0 Å². The molecule has 0 saturated carbocycles. The van der Waals surface area contributed by atoms with Gasteiger partial charge in [-0.25, -0.2) is 0 Å². The number of benzene rings is 4. The fourth-order valence-electron chi connectivity index (χ4n) is 8.89. The predicted octanol–water partition coefficient (Wildman–Crippen LogP) is 14.8. The Morgan fingerprint density at radius 2 is 1.09 bits per heavy atom. The van der Waals surface area contributed by atoms with E-state index in [1.165, 1.54) is 71.7 Å². The average Bonchev–Trinajstić information content (AvgIpc) is 3.38. The van der Waals surface area contributed by atoms with Crippen molar-refractivity contribution >= 4 is 35.1 Å². The van der Waals surface area contributed by atoms with Crippen LogP contribution in [0.25, 0.3) is 38.6 Å². The predicted molar refractivity (Wildman–Crippen MR) is 244 cm³/mol. The molecule has 0 radical (unpaired) electrons. The summed E-state index contributed by atoms with van der Waals surface area (Å²) in [5, 5.41) is 28.5. The third-order valence-electron chi connectivity index (χ3n) is 12.1. The molecule has 0 aliphatic heterocycles. The molecule has 2 N–H and O–H groups in total. The first kappa shape index (κ1) is 42.6. The molecule has 55 heavy (non-hydrogen) atoms. The third-order valence-corrected chi connectivity index (χ3v) is 15.6. The van der Waals surface area contributed by atoms with Crippen molar-refractivity contribution in [2.75, 3.05) is 0 Å². The molecule has 0 saturated heterocycles. The van der Waals surface area contributed by atoms with E-state index < -0.39 is 8.07 Å². The number of aryl methyl sites for hydroxylation is 1. The lowest BCUT2D eigenvalue weighted by molar-refractivity contribution is 0.284. The topological polar surface area (TPSA) is 45.4 Å². The SMILES string of the molecule is CCCCCCCC[Si](C)(C)c1cc(C)c(O)c(-c2cc(C(C)(C)CC(C)(C)C)cc(-n3c4cc(C(C)(C)C)ccc4c4ccc(C(C)(C)C)cc43)c2O)c1. The summed E-state index contributed by atoms with van der Waals surface area (Å²) in [6.07, 6.45) is 8.71. The molecular formula is C51H73NO2Si. The molecule has 3 nitrogen and oxygen atoms in total. The van der Waals surface area contributed by atoms with Crippen molar-refractivity contribution in [3.8, 4) is 28.3 Å². The minimum Gasteiger partial charge on any atom is -0.507 e. The smallest absolute Gasteiger partial charge is 0.147 e. The highest BCUT2D eigenvalue weighted by Crippen LogP contribution is 2.48. The van der Waals surface area contributed by atoms with E-state index in [1.54, 1.807) is 0 Å². The van der Waals surface area contributed by atoms with Crippen molar-refractivity contribution in [1.82, 2.24) is 4.57 Å². The molecule has 4 aromatic carbocycles. The standard InChI is InChI=1S/C51H73NO2Si/c1-16-17-18-19-20-21-26-55(14,15)38-27-34(2)46(53)42(32-38)41-28-37(51(12,13)33-48(3,4)5)31-45(47(41)54)52-43-29-35(49(6,7)8)22-24-39(43)40-25-23-36(30-44(40)52)50(9,10)11/h22-25,27-32,53-54H,16-21,26,33H2,1-15H3. The summed E-state index contributed by atoms with van der Waals surface area (Å²) < 4.78 is 2.32. The van der Waals surface area contributed by atoms with Crippen molar-refractivity contribution in [3.05, 3.63) is 82.9 Å². The van der Waals surface area contributed by atoms with Gasteiger partial charge in [0, 0.05) is 21.9 Å². The molecule has 0 fully saturated rings. The van der Waals surface area contributed by atoms with Gasteiger partial charge in [-0.3, -0.25) is 0 Å². The Balaban J connectivity index is 1.84. The molecule has 0 aliphatic carbocycles. The third kappa shape index (κ3) is 9.22. The number of fused-ring (bicyclic) bond motifs is 3. The van der Waals surface area contributed by atoms with Crippen LogP contribution in [0.15, 0.2) is 60.7 Å².